The summed E-state index contributed by atoms with van der Waals surface area (Å²) in [7, 11) is 0. The molecule has 0 aliphatic heterocycles. The van der Waals surface area contributed by atoms with Gasteiger partial charge in [-0.15, -0.1) is 23.2 Å². The lowest BCUT2D eigenvalue weighted by Gasteiger charge is -2.64. The molecule has 3 saturated carbocycles. The summed E-state index contributed by atoms with van der Waals surface area (Å²) in [5, 5.41) is 20.3. The van der Waals surface area contributed by atoms with Gasteiger partial charge in [0.05, 0.1) is 10.3 Å². The molecule has 0 spiro atoms. The van der Waals surface area contributed by atoms with Crippen molar-refractivity contribution in [3.8, 4) is 0 Å². The van der Waals surface area contributed by atoms with Crippen molar-refractivity contribution in [3.05, 3.63) is 23.8 Å². The molecule has 4 rings (SSSR count). The van der Waals surface area contributed by atoms with Crippen LogP contribution in [0.25, 0.3) is 0 Å². The molecule has 4 aliphatic rings. The molecule has 0 aromatic rings. The van der Waals surface area contributed by atoms with E-state index in [1.54, 1.807) is 13.0 Å². The Bertz CT molecular complexity index is 843. The molecule has 3 fully saturated rings. The normalized spacial score (nSPS) is 53.7. The third kappa shape index (κ3) is 2.34. The first-order valence-electron chi connectivity index (χ1n) is 10.2. The Kier molecular flexibility index (Phi) is 4.73. The first-order chi connectivity index (χ1) is 13.4. The molecule has 0 saturated heterocycles. The van der Waals surface area contributed by atoms with E-state index in [1.165, 1.54) is 12.2 Å². The predicted octanol–water partition coefficient (Wildman–Crippen LogP) is 3.36. The van der Waals surface area contributed by atoms with Gasteiger partial charge in [-0.25, -0.2) is 4.39 Å². The Labute approximate surface area is 180 Å². The average molecular weight is 445 g/mol. The number of fused-ring (bicyclic) bond motifs is 5. The molecule has 160 valence electrons. The van der Waals surface area contributed by atoms with Crippen LogP contribution in [0.5, 0.6) is 0 Å². The number of hydrogen-bond donors (Lipinski definition) is 2. The summed E-state index contributed by atoms with van der Waals surface area (Å²) in [6.45, 7) is 4.68. The van der Waals surface area contributed by atoms with Gasteiger partial charge in [-0.2, -0.15) is 0 Å². The summed E-state index contributed by atoms with van der Waals surface area (Å²) < 4.78 is 15.4. The minimum Gasteiger partial charge on any atom is -0.388 e. The molecule has 0 aromatic heterocycles. The number of ketones is 2. The van der Waals surface area contributed by atoms with E-state index in [4.69, 9.17) is 23.2 Å². The molecule has 0 heterocycles. The highest BCUT2D eigenvalue weighted by molar-refractivity contribution is 6.34. The molecule has 0 radical (unpaired) electrons. The minimum atomic E-state index is -1.74. The molecule has 0 aromatic carbocycles. The lowest BCUT2D eigenvalue weighted by Crippen LogP contribution is -2.69. The molecular weight excluding hydrogens is 418 g/mol. The van der Waals surface area contributed by atoms with Crippen LogP contribution in [-0.4, -0.2) is 50.4 Å². The predicted molar refractivity (Wildman–Crippen MR) is 109 cm³/mol. The zero-order chi connectivity index (χ0) is 21.6. The van der Waals surface area contributed by atoms with Gasteiger partial charge in [-0.05, 0) is 54.7 Å². The standard InChI is InChI=1S/C22H27Cl2FO4/c1-11-6-13-14-8-16(25)15-7-12(27)4-5-19(15,2)21(14,24)17(23)9-20(13,3)22(11,29)18(28)10-26/h4-5,7,11,13-14,16-17,26,29H,6,8-10H2,1-3H3/t11-,13-,14-,16-,17-,19-,20-,21-,22+/m0/s1. The second-order valence-corrected chi connectivity index (χ2v) is 10.9. The third-order valence-corrected chi connectivity index (χ3v) is 10.3. The fourth-order valence-electron chi connectivity index (χ4n) is 7.19. The molecule has 0 unspecified atom stereocenters. The van der Waals surface area contributed by atoms with E-state index in [0.717, 1.165) is 0 Å². The van der Waals surface area contributed by atoms with Crippen LogP contribution in [0.2, 0.25) is 0 Å². The van der Waals surface area contributed by atoms with E-state index in [2.05, 4.69) is 0 Å². The Morgan fingerprint density at radius 2 is 1.97 bits per heavy atom. The van der Waals surface area contributed by atoms with E-state index in [9.17, 15) is 19.8 Å². The van der Waals surface area contributed by atoms with Gasteiger partial charge in [-0.1, -0.05) is 26.8 Å². The molecule has 0 bridgehead atoms. The zero-order valence-corrected chi connectivity index (χ0v) is 18.3. The fourth-order valence-corrected chi connectivity index (χ4v) is 8.39. The van der Waals surface area contributed by atoms with E-state index >= 15 is 4.39 Å². The average Bonchev–Trinajstić information content (AvgIpc) is 2.86. The van der Waals surface area contributed by atoms with E-state index < -0.39 is 57.1 Å². The van der Waals surface area contributed by atoms with Gasteiger partial charge in [0.25, 0.3) is 0 Å². The molecule has 4 aliphatic carbocycles. The van der Waals surface area contributed by atoms with Crippen molar-refractivity contribution in [2.75, 3.05) is 6.61 Å². The van der Waals surface area contributed by atoms with Crippen molar-refractivity contribution < 1.29 is 24.2 Å². The molecule has 0 amide bonds. The van der Waals surface area contributed by atoms with E-state index in [0.29, 0.717) is 12.0 Å². The first kappa shape index (κ1) is 21.5. The Morgan fingerprint density at radius 1 is 1.31 bits per heavy atom. The summed E-state index contributed by atoms with van der Waals surface area (Å²) in [6, 6.07) is 0. The number of halogens is 3. The van der Waals surface area contributed by atoms with Gasteiger partial charge in [0, 0.05) is 10.8 Å². The van der Waals surface area contributed by atoms with Crippen molar-refractivity contribution >= 4 is 34.8 Å². The van der Waals surface area contributed by atoms with Crippen LogP contribution in [0.1, 0.15) is 40.0 Å². The maximum atomic E-state index is 15.4. The maximum Gasteiger partial charge on any atom is 0.190 e. The van der Waals surface area contributed by atoms with Gasteiger partial charge in [0.2, 0.25) is 0 Å². The van der Waals surface area contributed by atoms with Gasteiger partial charge < -0.3 is 10.2 Å². The summed E-state index contributed by atoms with van der Waals surface area (Å²) >= 11 is 14.2. The summed E-state index contributed by atoms with van der Waals surface area (Å²) in [6.07, 6.45) is 3.92. The maximum absolute atomic E-state index is 15.4. The number of Topliss-reactive ketones (excluding diaryl/α,β-unsaturated/α-hetero) is 1. The third-order valence-electron chi connectivity index (χ3n) is 8.74. The van der Waals surface area contributed by atoms with Gasteiger partial charge in [-0.3, -0.25) is 9.59 Å². The Morgan fingerprint density at radius 3 is 2.59 bits per heavy atom. The molecule has 4 nitrogen and oxygen atoms in total. The molecular formula is C22H27Cl2FO4. The molecule has 29 heavy (non-hydrogen) atoms. The topological polar surface area (TPSA) is 74.6 Å². The number of carbonyl (C=O) groups excluding carboxylic acids is 2. The Balaban J connectivity index is 1.87. The zero-order valence-electron chi connectivity index (χ0n) is 16.8. The number of aliphatic hydroxyl groups excluding tert-OH is 1. The van der Waals surface area contributed by atoms with Crippen LogP contribution in [0.3, 0.4) is 0 Å². The fraction of sp³-hybridized carbons (Fsp3) is 0.727. The highest BCUT2D eigenvalue weighted by atomic mass is 35.5. The van der Waals surface area contributed by atoms with Gasteiger partial charge >= 0.3 is 0 Å². The van der Waals surface area contributed by atoms with Crippen LogP contribution in [-0.2, 0) is 9.59 Å². The lowest BCUT2D eigenvalue weighted by atomic mass is 9.46. The van der Waals surface area contributed by atoms with Crippen LogP contribution in [0.15, 0.2) is 23.8 Å². The van der Waals surface area contributed by atoms with Crippen molar-refractivity contribution in [3.63, 3.8) is 0 Å². The van der Waals surface area contributed by atoms with E-state index in [1.807, 2.05) is 13.8 Å². The molecule has 2 N–H and O–H groups in total. The smallest absolute Gasteiger partial charge is 0.190 e. The van der Waals surface area contributed by atoms with Crippen molar-refractivity contribution in [2.45, 2.75) is 62.1 Å². The van der Waals surface area contributed by atoms with E-state index in [-0.39, 0.29) is 24.5 Å². The first-order valence-corrected chi connectivity index (χ1v) is 11.0. The number of allylic oxidation sites excluding steroid dienone is 4. The van der Waals surface area contributed by atoms with Crippen LogP contribution >= 0.6 is 23.2 Å². The summed E-state index contributed by atoms with van der Waals surface area (Å²) in [5.41, 5.74) is -3.24. The number of carbonyl (C=O) groups is 2. The highest BCUT2D eigenvalue weighted by Gasteiger charge is 2.75. The second kappa shape index (κ2) is 6.38. The van der Waals surface area contributed by atoms with Crippen LogP contribution < -0.4 is 0 Å². The SMILES string of the molecule is C[C@H]1C[C@H]2[C@@H]3C[C@H](F)C4=CC(=O)C=C[C@]4(C)[C@@]3(Cl)[C@@H](Cl)C[C@]2(C)[C@]1(O)C(=O)CO. The summed E-state index contributed by atoms with van der Waals surface area (Å²) in [5.74, 6) is -1.94. The number of alkyl halides is 3. The number of aliphatic hydroxyl groups is 2. The molecule has 7 heteroatoms. The Hall–Kier alpha value is -0.750. The minimum absolute atomic E-state index is 0.0889. The van der Waals surface area contributed by atoms with Crippen LogP contribution in [0, 0.1) is 28.6 Å². The number of rotatable bonds is 2. The van der Waals surface area contributed by atoms with Crippen molar-refractivity contribution in [1.82, 2.24) is 0 Å². The van der Waals surface area contributed by atoms with Gasteiger partial charge in [0.15, 0.2) is 11.6 Å². The van der Waals surface area contributed by atoms with Crippen LogP contribution in [0.4, 0.5) is 4.39 Å². The second-order valence-electron chi connectivity index (χ2n) is 9.80. The van der Waals surface area contributed by atoms with Crippen molar-refractivity contribution in [1.29, 1.82) is 0 Å². The summed E-state index contributed by atoms with van der Waals surface area (Å²) in [4.78, 5) is 23.5. The highest BCUT2D eigenvalue weighted by Crippen LogP contribution is 2.72. The monoisotopic (exact) mass is 444 g/mol. The van der Waals surface area contributed by atoms with Gasteiger partial charge in [0.1, 0.15) is 18.4 Å². The quantitative estimate of drug-likeness (QED) is 0.640. The molecule has 9 atom stereocenters. The largest absolute Gasteiger partial charge is 0.388 e. The van der Waals surface area contributed by atoms with Crippen molar-refractivity contribution in [2.24, 2.45) is 28.6 Å². The number of hydrogen-bond acceptors (Lipinski definition) is 4. The lowest BCUT2D eigenvalue weighted by molar-refractivity contribution is -0.168.